The molecule has 0 fully saturated rings. The lowest BCUT2D eigenvalue weighted by Crippen LogP contribution is -1.97. The number of ether oxygens (including phenoxy) is 1. The van der Waals surface area contributed by atoms with E-state index in [9.17, 15) is 4.39 Å². The summed E-state index contributed by atoms with van der Waals surface area (Å²) in [6.07, 6.45) is 1.60. The van der Waals surface area contributed by atoms with E-state index in [4.69, 9.17) is 27.9 Å². The van der Waals surface area contributed by atoms with Gasteiger partial charge in [0.05, 0.1) is 5.02 Å². The molecule has 2 rings (SSSR count). The Labute approximate surface area is 108 Å². The van der Waals surface area contributed by atoms with Gasteiger partial charge in [-0.2, -0.15) is 0 Å². The van der Waals surface area contributed by atoms with E-state index < -0.39 is 5.82 Å². The average molecular weight is 272 g/mol. The molecule has 0 spiro atoms. The molecule has 0 aliphatic carbocycles. The van der Waals surface area contributed by atoms with Crippen LogP contribution in [0.4, 0.5) is 4.39 Å². The normalized spacial score (nSPS) is 10.3. The molecule has 17 heavy (non-hydrogen) atoms. The highest BCUT2D eigenvalue weighted by Crippen LogP contribution is 2.22. The maximum Gasteiger partial charge on any atom is 0.142 e. The van der Waals surface area contributed by atoms with Gasteiger partial charge in [0, 0.05) is 17.8 Å². The van der Waals surface area contributed by atoms with Crippen molar-refractivity contribution in [2.45, 2.75) is 6.61 Å². The van der Waals surface area contributed by atoms with E-state index in [-0.39, 0.29) is 11.6 Å². The first-order valence-electron chi connectivity index (χ1n) is 4.84. The third kappa shape index (κ3) is 3.08. The molecule has 0 radical (unpaired) electrons. The number of pyridine rings is 1. The lowest BCUT2D eigenvalue weighted by molar-refractivity contribution is 0.305. The zero-order chi connectivity index (χ0) is 12.3. The van der Waals surface area contributed by atoms with Crippen molar-refractivity contribution in [2.75, 3.05) is 0 Å². The van der Waals surface area contributed by atoms with Crippen molar-refractivity contribution in [3.8, 4) is 5.75 Å². The summed E-state index contributed by atoms with van der Waals surface area (Å²) in [5, 5.41) is 0.417. The Bertz CT molecular complexity index is 534. The number of hydrogen-bond acceptors (Lipinski definition) is 2. The van der Waals surface area contributed by atoms with E-state index in [2.05, 4.69) is 4.98 Å². The van der Waals surface area contributed by atoms with Gasteiger partial charge in [0.15, 0.2) is 0 Å². The van der Waals surface area contributed by atoms with Crippen molar-refractivity contribution in [1.82, 2.24) is 4.98 Å². The largest absolute Gasteiger partial charge is 0.489 e. The van der Waals surface area contributed by atoms with Gasteiger partial charge >= 0.3 is 0 Å². The molecule has 2 aromatic rings. The molecule has 1 heterocycles. The van der Waals surface area contributed by atoms with Gasteiger partial charge in [-0.15, -0.1) is 0 Å². The van der Waals surface area contributed by atoms with Crippen LogP contribution >= 0.6 is 23.2 Å². The number of halogens is 3. The molecular weight excluding hydrogens is 264 g/mol. The Balaban J connectivity index is 2.08. The van der Waals surface area contributed by atoms with Gasteiger partial charge in [0.2, 0.25) is 0 Å². The summed E-state index contributed by atoms with van der Waals surface area (Å²) in [5.41, 5.74) is 0.759. The summed E-state index contributed by atoms with van der Waals surface area (Å²) in [7, 11) is 0. The van der Waals surface area contributed by atoms with Gasteiger partial charge in [-0.05, 0) is 18.2 Å². The number of benzene rings is 1. The van der Waals surface area contributed by atoms with E-state index in [1.165, 1.54) is 18.2 Å². The lowest BCUT2D eigenvalue weighted by atomic mass is 10.3. The van der Waals surface area contributed by atoms with Crippen molar-refractivity contribution in [1.29, 1.82) is 0 Å². The number of rotatable bonds is 3. The average Bonchev–Trinajstić information content (AvgIpc) is 2.32. The first-order chi connectivity index (χ1) is 8.16. The quantitative estimate of drug-likeness (QED) is 0.784. The zero-order valence-corrected chi connectivity index (χ0v) is 10.2. The standard InChI is InChI=1S/C12H8Cl2FNO/c13-10-6-9(3-4-11(10)15)17-7-8-2-1-5-16-12(8)14/h1-6H,7H2. The number of aromatic nitrogens is 1. The van der Waals surface area contributed by atoms with Gasteiger partial charge < -0.3 is 4.74 Å². The highest BCUT2D eigenvalue weighted by atomic mass is 35.5. The van der Waals surface area contributed by atoms with Gasteiger partial charge in [0.1, 0.15) is 23.3 Å². The molecule has 0 aliphatic heterocycles. The highest BCUT2D eigenvalue weighted by Gasteiger charge is 2.04. The third-order valence-corrected chi connectivity index (χ3v) is 2.75. The molecule has 0 amide bonds. The van der Waals surface area contributed by atoms with Crippen LogP contribution in [-0.4, -0.2) is 4.98 Å². The van der Waals surface area contributed by atoms with Crippen LogP contribution < -0.4 is 4.74 Å². The fourth-order valence-corrected chi connectivity index (χ4v) is 1.60. The van der Waals surface area contributed by atoms with Gasteiger partial charge in [0.25, 0.3) is 0 Å². The molecule has 2 nitrogen and oxygen atoms in total. The van der Waals surface area contributed by atoms with Gasteiger partial charge in [-0.1, -0.05) is 29.3 Å². The SMILES string of the molecule is Fc1ccc(OCc2cccnc2Cl)cc1Cl. The Morgan fingerprint density at radius 3 is 2.76 bits per heavy atom. The van der Waals surface area contributed by atoms with E-state index in [1.54, 1.807) is 18.3 Å². The van der Waals surface area contributed by atoms with Crippen molar-refractivity contribution < 1.29 is 9.13 Å². The smallest absolute Gasteiger partial charge is 0.142 e. The summed E-state index contributed by atoms with van der Waals surface area (Å²) in [6, 6.07) is 7.75. The Hall–Kier alpha value is -1.32. The molecule has 0 aliphatic rings. The maximum atomic E-state index is 12.9. The summed E-state index contributed by atoms with van der Waals surface area (Å²) in [4.78, 5) is 3.92. The fraction of sp³-hybridized carbons (Fsp3) is 0.0833. The molecule has 0 bridgehead atoms. The Morgan fingerprint density at radius 2 is 2.06 bits per heavy atom. The molecule has 1 aromatic carbocycles. The van der Waals surface area contributed by atoms with E-state index in [1.807, 2.05) is 0 Å². The van der Waals surface area contributed by atoms with Crippen LogP contribution in [0.3, 0.4) is 0 Å². The number of nitrogens with zero attached hydrogens (tertiary/aromatic N) is 1. The minimum atomic E-state index is -0.474. The zero-order valence-electron chi connectivity index (χ0n) is 8.66. The van der Waals surface area contributed by atoms with E-state index in [0.29, 0.717) is 10.9 Å². The minimum absolute atomic E-state index is 0.0276. The summed E-state index contributed by atoms with van der Waals surface area (Å²) >= 11 is 11.5. The maximum absolute atomic E-state index is 12.9. The Kier molecular flexibility index (Phi) is 3.82. The molecule has 0 saturated carbocycles. The van der Waals surface area contributed by atoms with Gasteiger partial charge in [-0.25, -0.2) is 9.37 Å². The fourth-order valence-electron chi connectivity index (χ4n) is 1.25. The van der Waals surface area contributed by atoms with Crippen molar-refractivity contribution >= 4 is 23.2 Å². The van der Waals surface area contributed by atoms with Crippen LogP contribution in [0.25, 0.3) is 0 Å². The van der Waals surface area contributed by atoms with Crippen molar-refractivity contribution in [3.63, 3.8) is 0 Å². The van der Waals surface area contributed by atoms with Crippen LogP contribution in [0.2, 0.25) is 10.2 Å². The molecular formula is C12H8Cl2FNO. The highest BCUT2D eigenvalue weighted by molar-refractivity contribution is 6.31. The first-order valence-corrected chi connectivity index (χ1v) is 5.59. The topological polar surface area (TPSA) is 22.1 Å². The lowest BCUT2D eigenvalue weighted by Gasteiger charge is -2.07. The second kappa shape index (κ2) is 5.34. The van der Waals surface area contributed by atoms with Crippen LogP contribution in [0.5, 0.6) is 5.75 Å². The summed E-state index contributed by atoms with van der Waals surface area (Å²) in [6.45, 7) is 0.259. The van der Waals surface area contributed by atoms with Crippen molar-refractivity contribution in [2.24, 2.45) is 0 Å². The second-order valence-corrected chi connectivity index (χ2v) is 4.08. The summed E-state index contributed by atoms with van der Waals surface area (Å²) in [5.74, 6) is 0.00902. The number of hydrogen-bond donors (Lipinski definition) is 0. The predicted molar refractivity (Wildman–Crippen MR) is 65.0 cm³/mol. The third-order valence-electron chi connectivity index (χ3n) is 2.12. The molecule has 0 unspecified atom stereocenters. The predicted octanol–water partition coefficient (Wildman–Crippen LogP) is 4.11. The van der Waals surface area contributed by atoms with Crippen LogP contribution in [0, 0.1) is 5.82 Å². The molecule has 5 heteroatoms. The summed E-state index contributed by atoms with van der Waals surface area (Å²) < 4.78 is 18.3. The van der Waals surface area contributed by atoms with Crippen LogP contribution in [0.15, 0.2) is 36.5 Å². The second-order valence-electron chi connectivity index (χ2n) is 3.32. The molecule has 88 valence electrons. The minimum Gasteiger partial charge on any atom is -0.489 e. The van der Waals surface area contributed by atoms with E-state index >= 15 is 0 Å². The first kappa shape index (κ1) is 12.1. The van der Waals surface area contributed by atoms with Crippen LogP contribution in [0.1, 0.15) is 5.56 Å². The monoisotopic (exact) mass is 271 g/mol. The Morgan fingerprint density at radius 1 is 1.24 bits per heavy atom. The molecule has 0 N–H and O–H groups in total. The van der Waals surface area contributed by atoms with E-state index in [0.717, 1.165) is 5.56 Å². The van der Waals surface area contributed by atoms with Crippen LogP contribution in [-0.2, 0) is 6.61 Å². The molecule has 1 aromatic heterocycles. The molecule has 0 saturated heterocycles. The van der Waals surface area contributed by atoms with Crippen molar-refractivity contribution in [3.05, 3.63) is 58.1 Å². The molecule has 0 atom stereocenters. The van der Waals surface area contributed by atoms with Gasteiger partial charge in [-0.3, -0.25) is 0 Å².